The number of halogens is 1. The molecule has 1 rings (SSSR count). The highest BCUT2D eigenvalue weighted by atomic mass is 19.1. The molecule has 0 aliphatic heterocycles. The number of nitrogens with two attached hydrogens (primary N) is 1. The Morgan fingerprint density at radius 2 is 2.06 bits per heavy atom. The van der Waals surface area contributed by atoms with Gasteiger partial charge in [-0.3, -0.25) is 9.59 Å². The molecule has 0 saturated carbocycles. The van der Waals surface area contributed by atoms with Crippen molar-refractivity contribution in [1.29, 1.82) is 0 Å². The van der Waals surface area contributed by atoms with Gasteiger partial charge in [-0.15, -0.1) is 0 Å². The zero-order valence-electron chi connectivity index (χ0n) is 10.1. The zero-order chi connectivity index (χ0) is 13.5. The van der Waals surface area contributed by atoms with E-state index in [0.717, 1.165) is 12.5 Å². The Bertz CT molecular complexity index is 449. The fourth-order valence-corrected chi connectivity index (χ4v) is 1.30. The summed E-state index contributed by atoms with van der Waals surface area (Å²) in [6.45, 7) is 2.27. The number of hydrogen-bond acceptors (Lipinski definition) is 3. The third kappa shape index (κ3) is 4.04. The molecule has 0 bridgehead atoms. The largest absolute Gasteiger partial charge is 0.399 e. The van der Waals surface area contributed by atoms with E-state index in [9.17, 15) is 14.0 Å². The van der Waals surface area contributed by atoms with Crippen LogP contribution in [0, 0.1) is 5.82 Å². The molecule has 0 aliphatic rings. The first-order valence-electron chi connectivity index (χ1n) is 5.64. The normalized spacial score (nSPS) is 9.89. The Labute approximate surface area is 105 Å². The highest BCUT2D eigenvalue weighted by Crippen LogP contribution is 2.11. The molecular weight excluding hydrogens is 237 g/mol. The number of carbonyl (C=O) groups is 2. The van der Waals surface area contributed by atoms with E-state index in [0.29, 0.717) is 6.54 Å². The number of hydrogen-bond donors (Lipinski definition) is 3. The lowest BCUT2D eigenvalue weighted by Crippen LogP contribution is -2.37. The molecule has 1 aromatic carbocycles. The molecule has 0 aromatic heterocycles. The highest BCUT2D eigenvalue weighted by molar-refractivity contribution is 5.97. The number of nitrogen functional groups attached to an aromatic ring is 1. The summed E-state index contributed by atoms with van der Waals surface area (Å²) < 4.78 is 13.3. The van der Waals surface area contributed by atoms with Crippen molar-refractivity contribution in [2.24, 2.45) is 0 Å². The predicted molar refractivity (Wildman–Crippen MR) is 66.4 cm³/mol. The average Bonchev–Trinajstić information content (AvgIpc) is 2.36. The van der Waals surface area contributed by atoms with E-state index >= 15 is 0 Å². The van der Waals surface area contributed by atoms with E-state index < -0.39 is 11.7 Å². The van der Waals surface area contributed by atoms with Crippen LogP contribution in [0.2, 0.25) is 0 Å². The first-order chi connectivity index (χ1) is 8.54. The van der Waals surface area contributed by atoms with E-state index in [2.05, 4.69) is 10.6 Å². The maximum Gasteiger partial charge on any atom is 0.254 e. The molecule has 2 amide bonds. The van der Waals surface area contributed by atoms with Crippen LogP contribution >= 0.6 is 0 Å². The monoisotopic (exact) mass is 253 g/mol. The Kier molecular flexibility index (Phi) is 5.10. The summed E-state index contributed by atoms with van der Waals surface area (Å²) in [5, 5.41) is 4.92. The number of amides is 2. The third-order valence-electron chi connectivity index (χ3n) is 2.22. The molecule has 0 spiro atoms. The molecule has 98 valence electrons. The number of anilines is 1. The van der Waals surface area contributed by atoms with Gasteiger partial charge in [0.2, 0.25) is 5.91 Å². The molecule has 0 saturated heterocycles. The van der Waals surface area contributed by atoms with Gasteiger partial charge in [0.05, 0.1) is 12.1 Å². The first-order valence-corrected chi connectivity index (χ1v) is 5.64. The Morgan fingerprint density at radius 3 is 2.72 bits per heavy atom. The molecular formula is C12H16FN3O2. The number of rotatable bonds is 5. The van der Waals surface area contributed by atoms with Crippen molar-refractivity contribution in [3.05, 3.63) is 29.6 Å². The molecule has 6 heteroatoms. The standard InChI is InChI=1S/C12H16FN3O2/c1-2-5-15-11(17)7-16-12(18)9-6-8(14)3-4-10(9)13/h3-4,6H,2,5,7,14H2,1H3,(H,15,17)(H,16,18). The van der Waals surface area contributed by atoms with Gasteiger partial charge in [0.1, 0.15) is 5.82 Å². The van der Waals surface area contributed by atoms with Crippen LogP contribution in [-0.4, -0.2) is 24.9 Å². The van der Waals surface area contributed by atoms with Crippen molar-refractivity contribution in [3.8, 4) is 0 Å². The van der Waals surface area contributed by atoms with Gasteiger partial charge in [0.15, 0.2) is 0 Å². The van der Waals surface area contributed by atoms with Crippen molar-refractivity contribution in [3.63, 3.8) is 0 Å². The summed E-state index contributed by atoms with van der Waals surface area (Å²) in [5.41, 5.74) is 5.58. The number of nitrogens with one attached hydrogen (secondary N) is 2. The predicted octanol–water partition coefficient (Wildman–Crippen LogP) is 0.664. The van der Waals surface area contributed by atoms with Crippen molar-refractivity contribution < 1.29 is 14.0 Å². The van der Waals surface area contributed by atoms with Crippen LogP contribution in [0.15, 0.2) is 18.2 Å². The van der Waals surface area contributed by atoms with E-state index in [1.165, 1.54) is 12.1 Å². The van der Waals surface area contributed by atoms with Gasteiger partial charge in [-0.05, 0) is 24.6 Å². The fourth-order valence-electron chi connectivity index (χ4n) is 1.30. The minimum absolute atomic E-state index is 0.168. The van der Waals surface area contributed by atoms with Gasteiger partial charge in [-0.2, -0.15) is 0 Å². The highest BCUT2D eigenvalue weighted by Gasteiger charge is 2.12. The van der Waals surface area contributed by atoms with Crippen molar-refractivity contribution >= 4 is 17.5 Å². The second-order valence-corrected chi connectivity index (χ2v) is 3.77. The van der Waals surface area contributed by atoms with Crippen molar-refractivity contribution in [2.75, 3.05) is 18.8 Å². The summed E-state index contributed by atoms with van der Waals surface area (Å²) in [7, 11) is 0. The van der Waals surface area contributed by atoms with Crippen molar-refractivity contribution in [2.45, 2.75) is 13.3 Å². The van der Waals surface area contributed by atoms with Crippen LogP contribution in [0.25, 0.3) is 0 Å². The van der Waals surface area contributed by atoms with Crippen LogP contribution in [-0.2, 0) is 4.79 Å². The summed E-state index contributed by atoms with van der Waals surface area (Å²) >= 11 is 0. The number of carbonyl (C=O) groups excluding carboxylic acids is 2. The summed E-state index contributed by atoms with van der Waals surface area (Å²) in [6, 6.07) is 3.70. The second kappa shape index (κ2) is 6.58. The molecule has 1 aromatic rings. The van der Waals surface area contributed by atoms with E-state index in [1.807, 2.05) is 6.92 Å². The smallest absolute Gasteiger partial charge is 0.254 e. The van der Waals surface area contributed by atoms with E-state index in [1.54, 1.807) is 0 Å². The molecule has 4 N–H and O–H groups in total. The zero-order valence-corrected chi connectivity index (χ0v) is 10.1. The lowest BCUT2D eigenvalue weighted by atomic mass is 10.2. The van der Waals surface area contributed by atoms with Gasteiger partial charge in [0, 0.05) is 12.2 Å². The van der Waals surface area contributed by atoms with Gasteiger partial charge in [-0.25, -0.2) is 4.39 Å². The van der Waals surface area contributed by atoms with Gasteiger partial charge < -0.3 is 16.4 Å². The van der Waals surface area contributed by atoms with E-state index in [-0.39, 0.29) is 23.7 Å². The van der Waals surface area contributed by atoms with Crippen LogP contribution in [0.3, 0.4) is 0 Å². The molecule has 0 heterocycles. The van der Waals surface area contributed by atoms with E-state index in [4.69, 9.17) is 5.73 Å². The van der Waals surface area contributed by atoms with Gasteiger partial charge in [-0.1, -0.05) is 6.92 Å². The maximum absolute atomic E-state index is 13.3. The lowest BCUT2D eigenvalue weighted by Gasteiger charge is -2.07. The molecule has 0 atom stereocenters. The fraction of sp³-hybridized carbons (Fsp3) is 0.333. The average molecular weight is 253 g/mol. The second-order valence-electron chi connectivity index (χ2n) is 3.77. The van der Waals surface area contributed by atoms with Crippen molar-refractivity contribution in [1.82, 2.24) is 10.6 Å². The maximum atomic E-state index is 13.3. The van der Waals surface area contributed by atoms with Crippen LogP contribution in [0.5, 0.6) is 0 Å². The molecule has 0 fully saturated rings. The molecule has 5 nitrogen and oxygen atoms in total. The van der Waals surface area contributed by atoms with Crippen LogP contribution in [0.1, 0.15) is 23.7 Å². The quantitative estimate of drug-likeness (QED) is 0.674. The van der Waals surface area contributed by atoms with Crippen LogP contribution < -0.4 is 16.4 Å². The topological polar surface area (TPSA) is 84.2 Å². The lowest BCUT2D eigenvalue weighted by molar-refractivity contribution is -0.120. The molecule has 0 unspecified atom stereocenters. The first kappa shape index (κ1) is 14.0. The minimum Gasteiger partial charge on any atom is -0.399 e. The summed E-state index contributed by atoms with van der Waals surface area (Å²) in [4.78, 5) is 22.9. The Morgan fingerprint density at radius 1 is 1.33 bits per heavy atom. The molecule has 18 heavy (non-hydrogen) atoms. The van der Waals surface area contributed by atoms with Crippen LogP contribution in [0.4, 0.5) is 10.1 Å². The van der Waals surface area contributed by atoms with Gasteiger partial charge >= 0.3 is 0 Å². The SMILES string of the molecule is CCCNC(=O)CNC(=O)c1cc(N)ccc1F. The molecule has 0 aliphatic carbocycles. The minimum atomic E-state index is -0.671. The third-order valence-corrected chi connectivity index (χ3v) is 2.22. The summed E-state index contributed by atoms with van der Waals surface area (Å²) in [5.74, 6) is -1.64. The summed E-state index contributed by atoms with van der Waals surface area (Å²) in [6.07, 6.45) is 0.809. The Balaban J connectivity index is 2.55. The number of benzene rings is 1. The Hall–Kier alpha value is -2.11. The molecule has 0 radical (unpaired) electrons. The van der Waals surface area contributed by atoms with Gasteiger partial charge in [0.25, 0.3) is 5.91 Å².